The molecule has 0 aromatic heterocycles. The molecule has 0 bridgehead atoms. The van der Waals surface area contributed by atoms with E-state index in [-0.39, 0.29) is 6.04 Å². The molecule has 1 aromatic carbocycles. The summed E-state index contributed by atoms with van der Waals surface area (Å²) >= 11 is 0. The first-order chi connectivity index (χ1) is 7.90. The lowest BCUT2D eigenvalue weighted by Crippen LogP contribution is -2.44. The third kappa shape index (κ3) is 2.90. The summed E-state index contributed by atoms with van der Waals surface area (Å²) in [7, 11) is 0. The molecule has 1 aliphatic rings. The van der Waals surface area contributed by atoms with Gasteiger partial charge in [-0.15, -0.1) is 0 Å². The number of ether oxygens (including phenoxy) is 1. The van der Waals surface area contributed by atoms with E-state index in [1.807, 2.05) is 18.2 Å². The fraction of sp³-hybridized carbons (Fsp3) is 0.462. The van der Waals surface area contributed by atoms with E-state index in [2.05, 4.69) is 17.0 Å². The van der Waals surface area contributed by atoms with Gasteiger partial charge in [-0.05, 0) is 5.56 Å². The Kier molecular flexibility index (Phi) is 4.08. The van der Waals surface area contributed by atoms with E-state index in [1.54, 1.807) is 0 Å². The molecule has 1 aliphatic heterocycles. The third-order valence-corrected chi connectivity index (χ3v) is 2.95. The molecule has 1 heterocycles. The van der Waals surface area contributed by atoms with E-state index in [0.717, 1.165) is 26.0 Å². The monoisotopic (exact) mass is 219 g/mol. The van der Waals surface area contributed by atoms with Crippen LogP contribution in [0.1, 0.15) is 12.0 Å². The van der Waals surface area contributed by atoms with Crippen LogP contribution in [0.5, 0.6) is 0 Å². The fourth-order valence-corrected chi connectivity index (χ4v) is 2.04. The van der Waals surface area contributed by atoms with Crippen LogP contribution >= 0.6 is 0 Å². The van der Waals surface area contributed by atoms with Crippen LogP contribution in [0.4, 0.5) is 0 Å². The highest BCUT2D eigenvalue weighted by Crippen LogP contribution is 2.13. The quantitative estimate of drug-likeness (QED) is 0.718. The number of aldehydes is 1. The van der Waals surface area contributed by atoms with Crippen LogP contribution in [0.2, 0.25) is 0 Å². The summed E-state index contributed by atoms with van der Waals surface area (Å²) in [5, 5.41) is 0. The number of hydrogen-bond acceptors (Lipinski definition) is 3. The van der Waals surface area contributed by atoms with Crippen molar-refractivity contribution in [1.82, 2.24) is 4.90 Å². The lowest BCUT2D eigenvalue weighted by Gasteiger charge is -2.34. The Hall–Kier alpha value is -1.19. The molecular weight excluding hydrogens is 202 g/mol. The van der Waals surface area contributed by atoms with Crippen LogP contribution in [-0.2, 0) is 16.1 Å². The zero-order chi connectivity index (χ0) is 11.2. The Morgan fingerprint density at radius 3 is 2.94 bits per heavy atom. The molecule has 0 amide bonds. The Bertz CT molecular complexity index is 326. The van der Waals surface area contributed by atoms with Crippen LogP contribution in [0, 0.1) is 0 Å². The van der Waals surface area contributed by atoms with Gasteiger partial charge < -0.3 is 9.53 Å². The van der Waals surface area contributed by atoms with E-state index in [1.165, 1.54) is 5.56 Å². The summed E-state index contributed by atoms with van der Waals surface area (Å²) in [5.41, 5.74) is 1.29. The largest absolute Gasteiger partial charge is 0.378 e. The number of nitrogens with zero attached hydrogens (tertiary/aromatic N) is 1. The van der Waals surface area contributed by atoms with Gasteiger partial charge in [-0.3, -0.25) is 4.90 Å². The van der Waals surface area contributed by atoms with E-state index in [0.29, 0.717) is 13.0 Å². The lowest BCUT2D eigenvalue weighted by atomic mass is 10.1. The summed E-state index contributed by atoms with van der Waals surface area (Å²) in [6, 6.07) is 10.6. The average molecular weight is 219 g/mol. The molecule has 0 N–H and O–H groups in total. The first-order valence-corrected chi connectivity index (χ1v) is 5.69. The SMILES string of the molecule is O=CC[C@@H]1COCCN1Cc1ccccc1. The number of morpholine rings is 1. The van der Waals surface area contributed by atoms with E-state index in [4.69, 9.17) is 4.74 Å². The summed E-state index contributed by atoms with van der Waals surface area (Å²) in [5.74, 6) is 0. The molecule has 2 rings (SSSR count). The van der Waals surface area contributed by atoms with Crippen molar-refractivity contribution in [3.05, 3.63) is 35.9 Å². The molecule has 1 saturated heterocycles. The average Bonchev–Trinajstić information content (AvgIpc) is 2.33. The minimum Gasteiger partial charge on any atom is -0.378 e. The zero-order valence-corrected chi connectivity index (χ0v) is 9.34. The molecule has 1 aromatic rings. The van der Waals surface area contributed by atoms with Crippen molar-refractivity contribution in [3.8, 4) is 0 Å². The van der Waals surface area contributed by atoms with Crippen LogP contribution in [0.3, 0.4) is 0 Å². The molecule has 3 heteroatoms. The maximum Gasteiger partial charge on any atom is 0.121 e. The highest BCUT2D eigenvalue weighted by atomic mass is 16.5. The van der Waals surface area contributed by atoms with Crippen molar-refractivity contribution >= 4 is 6.29 Å². The second-order valence-corrected chi connectivity index (χ2v) is 4.09. The molecule has 0 unspecified atom stereocenters. The first kappa shape index (κ1) is 11.3. The summed E-state index contributed by atoms with van der Waals surface area (Å²) in [6.07, 6.45) is 1.55. The lowest BCUT2D eigenvalue weighted by molar-refractivity contribution is -0.110. The van der Waals surface area contributed by atoms with Gasteiger partial charge in [0.1, 0.15) is 6.29 Å². The number of rotatable bonds is 4. The highest BCUT2D eigenvalue weighted by Gasteiger charge is 2.22. The molecule has 0 saturated carbocycles. The van der Waals surface area contributed by atoms with E-state index >= 15 is 0 Å². The van der Waals surface area contributed by atoms with Gasteiger partial charge in [-0.25, -0.2) is 0 Å². The fourth-order valence-electron chi connectivity index (χ4n) is 2.04. The molecule has 3 nitrogen and oxygen atoms in total. The number of benzene rings is 1. The highest BCUT2D eigenvalue weighted by molar-refractivity contribution is 5.50. The topological polar surface area (TPSA) is 29.5 Å². The molecule has 0 spiro atoms. The van der Waals surface area contributed by atoms with Crippen molar-refractivity contribution in [3.63, 3.8) is 0 Å². The van der Waals surface area contributed by atoms with Gasteiger partial charge in [0, 0.05) is 25.6 Å². The third-order valence-electron chi connectivity index (χ3n) is 2.95. The van der Waals surface area contributed by atoms with Crippen molar-refractivity contribution in [1.29, 1.82) is 0 Å². The normalized spacial score (nSPS) is 21.9. The van der Waals surface area contributed by atoms with Crippen LogP contribution in [-0.4, -0.2) is 37.0 Å². The molecule has 0 aliphatic carbocycles. The second-order valence-electron chi connectivity index (χ2n) is 4.09. The van der Waals surface area contributed by atoms with Crippen LogP contribution in [0.15, 0.2) is 30.3 Å². The predicted molar refractivity (Wildman–Crippen MR) is 62.1 cm³/mol. The van der Waals surface area contributed by atoms with Crippen molar-refractivity contribution < 1.29 is 9.53 Å². The van der Waals surface area contributed by atoms with Gasteiger partial charge in [0.15, 0.2) is 0 Å². The minimum atomic E-state index is 0.242. The summed E-state index contributed by atoms with van der Waals surface area (Å²) < 4.78 is 5.40. The maximum atomic E-state index is 10.6. The Labute approximate surface area is 96.0 Å². The molecular formula is C13H17NO2. The minimum absolute atomic E-state index is 0.242. The molecule has 0 radical (unpaired) electrons. The Balaban J connectivity index is 1.98. The maximum absolute atomic E-state index is 10.6. The van der Waals surface area contributed by atoms with Gasteiger partial charge in [-0.2, -0.15) is 0 Å². The second kappa shape index (κ2) is 5.77. The van der Waals surface area contributed by atoms with Gasteiger partial charge in [0.25, 0.3) is 0 Å². The van der Waals surface area contributed by atoms with Crippen molar-refractivity contribution in [2.75, 3.05) is 19.8 Å². The number of hydrogen-bond donors (Lipinski definition) is 0. The van der Waals surface area contributed by atoms with E-state index in [9.17, 15) is 4.79 Å². The smallest absolute Gasteiger partial charge is 0.121 e. The van der Waals surface area contributed by atoms with Gasteiger partial charge in [-0.1, -0.05) is 30.3 Å². The molecule has 1 atom stereocenters. The summed E-state index contributed by atoms with van der Waals surface area (Å²) in [6.45, 7) is 3.25. The molecule has 16 heavy (non-hydrogen) atoms. The zero-order valence-electron chi connectivity index (χ0n) is 9.34. The van der Waals surface area contributed by atoms with Gasteiger partial charge in [0.2, 0.25) is 0 Å². The van der Waals surface area contributed by atoms with Crippen LogP contribution < -0.4 is 0 Å². The Morgan fingerprint density at radius 1 is 1.38 bits per heavy atom. The first-order valence-electron chi connectivity index (χ1n) is 5.69. The number of carbonyl (C=O) groups excluding carboxylic acids is 1. The van der Waals surface area contributed by atoms with Crippen molar-refractivity contribution in [2.45, 2.75) is 19.0 Å². The predicted octanol–water partition coefficient (Wildman–Crippen LogP) is 1.48. The molecule has 86 valence electrons. The van der Waals surface area contributed by atoms with Crippen LogP contribution in [0.25, 0.3) is 0 Å². The van der Waals surface area contributed by atoms with Crippen molar-refractivity contribution in [2.24, 2.45) is 0 Å². The Morgan fingerprint density at radius 2 is 2.19 bits per heavy atom. The number of carbonyl (C=O) groups is 1. The van der Waals surface area contributed by atoms with Gasteiger partial charge >= 0.3 is 0 Å². The molecule has 1 fully saturated rings. The van der Waals surface area contributed by atoms with E-state index < -0.39 is 0 Å². The summed E-state index contributed by atoms with van der Waals surface area (Å²) in [4.78, 5) is 12.9. The van der Waals surface area contributed by atoms with Gasteiger partial charge in [0.05, 0.1) is 13.2 Å². The standard InChI is InChI=1S/C13H17NO2/c15-8-6-13-11-16-9-7-14(13)10-12-4-2-1-3-5-12/h1-5,8,13H,6-7,9-11H2/t13-/m1/s1.